The van der Waals surface area contributed by atoms with Gasteiger partial charge in [-0.25, -0.2) is 13.4 Å². The number of sulfonamides is 1. The molecule has 0 saturated carbocycles. The minimum absolute atomic E-state index is 0.0421. The zero-order chi connectivity index (χ0) is 22.2. The van der Waals surface area contributed by atoms with E-state index in [2.05, 4.69) is 4.98 Å². The molecule has 0 atom stereocenters. The average molecular weight is 499 g/mol. The van der Waals surface area contributed by atoms with Crippen molar-refractivity contribution < 1.29 is 13.3 Å². The third kappa shape index (κ3) is 4.53. The van der Waals surface area contributed by atoms with Crippen LogP contribution in [0.4, 0.5) is 10.8 Å². The molecule has 8 nitrogen and oxygen atoms in total. The highest BCUT2D eigenvalue weighted by Gasteiger charge is 2.29. The molecule has 31 heavy (non-hydrogen) atoms. The number of benzene rings is 2. The van der Waals surface area contributed by atoms with Crippen LogP contribution in [0.5, 0.6) is 0 Å². The van der Waals surface area contributed by atoms with E-state index in [4.69, 9.17) is 23.2 Å². The third-order valence-corrected chi connectivity index (χ3v) is 8.26. The number of hydrogen-bond acceptors (Lipinski definition) is 7. The lowest BCUT2D eigenvalue weighted by Crippen LogP contribution is -2.48. The van der Waals surface area contributed by atoms with E-state index in [1.54, 1.807) is 12.1 Å². The molecular formula is C19H16Cl2N4O4S2. The van der Waals surface area contributed by atoms with Gasteiger partial charge >= 0.3 is 0 Å². The quantitative estimate of drug-likeness (QED) is 0.378. The molecule has 1 aliphatic rings. The molecule has 0 aliphatic carbocycles. The van der Waals surface area contributed by atoms with Gasteiger partial charge in [-0.3, -0.25) is 10.1 Å². The van der Waals surface area contributed by atoms with Gasteiger partial charge in [-0.2, -0.15) is 4.31 Å². The molecule has 1 aliphatic heterocycles. The van der Waals surface area contributed by atoms with Gasteiger partial charge in [-0.05, 0) is 30.3 Å². The third-order valence-electron chi connectivity index (χ3n) is 4.89. The van der Waals surface area contributed by atoms with Crippen LogP contribution in [0, 0.1) is 10.1 Å². The number of halogens is 2. The number of rotatable bonds is 5. The Labute approximate surface area is 192 Å². The van der Waals surface area contributed by atoms with Crippen LogP contribution < -0.4 is 4.90 Å². The predicted molar refractivity (Wildman–Crippen MR) is 122 cm³/mol. The number of thiazole rings is 1. The number of nitro benzene ring substituents is 1. The Morgan fingerprint density at radius 3 is 2.32 bits per heavy atom. The van der Waals surface area contributed by atoms with Crippen molar-refractivity contribution in [3.8, 4) is 11.3 Å². The largest absolute Gasteiger partial charge is 0.345 e. The summed E-state index contributed by atoms with van der Waals surface area (Å²) in [5, 5.41) is 14.5. The highest BCUT2D eigenvalue weighted by Crippen LogP contribution is 2.34. The molecule has 1 aromatic heterocycles. The summed E-state index contributed by atoms with van der Waals surface area (Å²) in [5.74, 6) is 0. The van der Waals surface area contributed by atoms with Crippen molar-refractivity contribution in [3.63, 3.8) is 0 Å². The lowest BCUT2D eigenvalue weighted by atomic mass is 10.2. The average Bonchev–Trinajstić information content (AvgIpc) is 3.24. The van der Waals surface area contributed by atoms with Crippen molar-refractivity contribution in [2.75, 3.05) is 31.1 Å². The van der Waals surface area contributed by atoms with E-state index in [0.717, 1.165) is 16.4 Å². The van der Waals surface area contributed by atoms with Crippen LogP contribution in [0.3, 0.4) is 0 Å². The van der Waals surface area contributed by atoms with Crippen LogP contribution in [0.1, 0.15) is 0 Å². The summed E-state index contributed by atoms with van der Waals surface area (Å²) in [6.07, 6.45) is 0. The number of nitro groups is 1. The number of nitrogens with zero attached hydrogens (tertiary/aromatic N) is 4. The van der Waals surface area contributed by atoms with E-state index >= 15 is 0 Å². The lowest BCUT2D eigenvalue weighted by Gasteiger charge is -2.33. The predicted octanol–water partition coefficient (Wildman–Crippen LogP) is 4.54. The van der Waals surface area contributed by atoms with Crippen LogP contribution in [-0.2, 0) is 10.0 Å². The molecule has 2 aromatic carbocycles. The maximum absolute atomic E-state index is 12.9. The first-order valence-corrected chi connectivity index (χ1v) is 12.2. The van der Waals surface area contributed by atoms with Crippen molar-refractivity contribution in [2.24, 2.45) is 0 Å². The first kappa shape index (κ1) is 22.0. The normalized spacial score (nSPS) is 15.2. The molecule has 3 aromatic rings. The summed E-state index contributed by atoms with van der Waals surface area (Å²) in [6.45, 7) is 1.53. The fourth-order valence-corrected chi connectivity index (χ4v) is 6.05. The maximum Gasteiger partial charge on any atom is 0.269 e. The van der Waals surface area contributed by atoms with E-state index < -0.39 is 14.9 Å². The smallest absolute Gasteiger partial charge is 0.269 e. The summed E-state index contributed by atoms with van der Waals surface area (Å²) in [4.78, 5) is 16.9. The van der Waals surface area contributed by atoms with Crippen LogP contribution in [0.2, 0.25) is 10.0 Å². The molecule has 0 radical (unpaired) electrons. The van der Waals surface area contributed by atoms with Crippen LogP contribution in [-0.4, -0.2) is 48.8 Å². The van der Waals surface area contributed by atoms with Gasteiger partial charge in [0, 0.05) is 54.3 Å². The summed E-state index contributed by atoms with van der Waals surface area (Å²) in [7, 11) is -3.72. The summed E-state index contributed by atoms with van der Waals surface area (Å²) in [5.41, 5.74) is 1.37. The molecule has 1 fully saturated rings. The number of piperazine rings is 1. The zero-order valence-corrected chi connectivity index (χ0v) is 19.1. The maximum atomic E-state index is 12.9. The van der Waals surface area contributed by atoms with Gasteiger partial charge in [0.05, 0.1) is 20.5 Å². The molecule has 0 amide bonds. The van der Waals surface area contributed by atoms with Crippen LogP contribution in [0.25, 0.3) is 11.3 Å². The van der Waals surface area contributed by atoms with Gasteiger partial charge in [0.25, 0.3) is 5.69 Å². The Morgan fingerprint density at radius 1 is 1.03 bits per heavy atom. The van der Waals surface area contributed by atoms with Gasteiger partial charge in [0.15, 0.2) is 5.13 Å². The second kappa shape index (κ2) is 8.71. The van der Waals surface area contributed by atoms with Gasteiger partial charge < -0.3 is 4.90 Å². The van der Waals surface area contributed by atoms with Gasteiger partial charge in [0.1, 0.15) is 0 Å². The molecule has 0 unspecified atom stereocenters. The lowest BCUT2D eigenvalue weighted by molar-refractivity contribution is -0.384. The molecule has 0 bridgehead atoms. The van der Waals surface area contributed by atoms with E-state index in [1.165, 1.54) is 39.9 Å². The Morgan fingerprint density at radius 2 is 1.71 bits per heavy atom. The molecule has 0 N–H and O–H groups in total. The van der Waals surface area contributed by atoms with Gasteiger partial charge in [-0.15, -0.1) is 11.3 Å². The fraction of sp³-hybridized carbons (Fsp3) is 0.211. The minimum Gasteiger partial charge on any atom is -0.345 e. The van der Waals surface area contributed by atoms with Crippen molar-refractivity contribution in [1.29, 1.82) is 0 Å². The monoisotopic (exact) mass is 498 g/mol. The number of anilines is 1. The summed E-state index contributed by atoms with van der Waals surface area (Å²) < 4.78 is 27.1. The second-order valence-electron chi connectivity index (χ2n) is 6.78. The molecular weight excluding hydrogens is 483 g/mol. The highest BCUT2D eigenvalue weighted by molar-refractivity contribution is 7.89. The van der Waals surface area contributed by atoms with Crippen LogP contribution in [0.15, 0.2) is 52.7 Å². The van der Waals surface area contributed by atoms with E-state index in [0.29, 0.717) is 23.1 Å². The van der Waals surface area contributed by atoms with Crippen molar-refractivity contribution >= 4 is 55.4 Å². The Hall–Kier alpha value is -2.24. The number of non-ortho nitro benzene ring substituents is 1. The molecule has 0 spiro atoms. The Kier molecular flexibility index (Phi) is 6.18. The van der Waals surface area contributed by atoms with Gasteiger partial charge in [-0.1, -0.05) is 23.2 Å². The Balaban J connectivity index is 1.45. The number of aromatic nitrogens is 1. The highest BCUT2D eigenvalue weighted by atomic mass is 35.5. The number of hydrogen-bond donors (Lipinski definition) is 0. The Bertz CT molecular complexity index is 1220. The SMILES string of the molecule is O=[N+]([O-])c1ccc(S(=O)(=O)N2CCN(c3nc(-c4ccc(Cl)cc4Cl)cs3)CC2)cc1. The summed E-state index contributed by atoms with van der Waals surface area (Å²) >= 11 is 13.7. The zero-order valence-electron chi connectivity index (χ0n) is 15.9. The minimum atomic E-state index is -3.72. The van der Waals surface area contributed by atoms with Crippen LogP contribution >= 0.6 is 34.5 Å². The molecule has 1 saturated heterocycles. The topological polar surface area (TPSA) is 96.6 Å². The van der Waals surface area contributed by atoms with Crippen molar-refractivity contribution in [1.82, 2.24) is 9.29 Å². The molecule has 12 heteroatoms. The summed E-state index contributed by atoms with van der Waals surface area (Å²) in [6, 6.07) is 10.2. The van der Waals surface area contributed by atoms with Gasteiger partial charge in [0.2, 0.25) is 10.0 Å². The second-order valence-corrected chi connectivity index (χ2v) is 10.4. The first-order valence-electron chi connectivity index (χ1n) is 9.16. The first-order chi connectivity index (χ1) is 14.8. The molecule has 4 rings (SSSR count). The standard InChI is InChI=1S/C19H16Cl2N4O4S2/c20-13-1-6-16(17(21)11-13)18-12-30-19(22-18)23-7-9-24(10-8-23)31(28,29)15-4-2-14(3-5-15)25(26)27/h1-6,11-12H,7-10H2. The van der Waals surface area contributed by atoms with Crippen molar-refractivity contribution in [2.45, 2.75) is 4.90 Å². The van der Waals surface area contributed by atoms with E-state index in [9.17, 15) is 18.5 Å². The van der Waals surface area contributed by atoms with E-state index in [1.807, 2.05) is 16.3 Å². The van der Waals surface area contributed by atoms with E-state index in [-0.39, 0.29) is 23.7 Å². The fourth-order valence-electron chi connectivity index (χ4n) is 3.24. The van der Waals surface area contributed by atoms with Crippen molar-refractivity contribution in [3.05, 3.63) is 68.0 Å². The molecule has 2 heterocycles. The molecule has 162 valence electrons.